The monoisotopic (exact) mass is 205 g/mol. The largest absolute Gasteiger partial charge is 0.464 e. The average Bonchev–Trinajstić information content (AvgIpc) is 2.70. The van der Waals surface area contributed by atoms with Gasteiger partial charge in [-0.2, -0.15) is 5.10 Å². The fourth-order valence-electron chi connectivity index (χ4n) is 1.44. The van der Waals surface area contributed by atoms with Gasteiger partial charge in [0.25, 0.3) is 0 Å². The summed E-state index contributed by atoms with van der Waals surface area (Å²) in [6, 6.07) is 5.57. The summed E-state index contributed by atoms with van der Waals surface area (Å²) in [6.07, 6.45) is 0. The van der Waals surface area contributed by atoms with Crippen LogP contribution >= 0.6 is 0 Å². The molecule has 78 valence electrons. The van der Waals surface area contributed by atoms with Crippen molar-refractivity contribution in [3.05, 3.63) is 29.5 Å². The van der Waals surface area contributed by atoms with Gasteiger partial charge in [-0.15, -0.1) is 0 Å². The van der Waals surface area contributed by atoms with Crippen molar-refractivity contribution in [2.45, 2.75) is 6.54 Å². The summed E-state index contributed by atoms with van der Waals surface area (Å²) >= 11 is 0. The zero-order valence-electron chi connectivity index (χ0n) is 8.28. The number of nitrogens with one attached hydrogen (secondary N) is 1. The van der Waals surface area contributed by atoms with Gasteiger partial charge in [0.2, 0.25) is 0 Å². The van der Waals surface area contributed by atoms with Crippen molar-refractivity contribution in [1.82, 2.24) is 10.2 Å². The molecule has 0 unspecified atom stereocenters. The smallest absolute Gasteiger partial charge is 0.359 e. The van der Waals surface area contributed by atoms with E-state index in [0.29, 0.717) is 12.2 Å². The summed E-state index contributed by atoms with van der Waals surface area (Å²) in [5.41, 5.74) is 7.57. The molecule has 2 aromatic rings. The minimum absolute atomic E-state index is 0.294. The first kappa shape index (κ1) is 9.67. The second kappa shape index (κ2) is 3.70. The van der Waals surface area contributed by atoms with Gasteiger partial charge in [0.05, 0.1) is 12.6 Å². The Kier molecular flexibility index (Phi) is 2.39. The lowest BCUT2D eigenvalue weighted by atomic mass is 10.1. The number of esters is 1. The number of methoxy groups -OCH3 is 1. The van der Waals surface area contributed by atoms with Gasteiger partial charge in [-0.1, -0.05) is 6.07 Å². The third-order valence-electron chi connectivity index (χ3n) is 2.24. The zero-order valence-corrected chi connectivity index (χ0v) is 8.28. The number of nitrogens with two attached hydrogens (primary N) is 1. The van der Waals surface area contributed by atoms with Crippen LogP contribution in [0, 0.1) is 0 Å². The van der Waals surface area contributed by atoms with Crippen molar-refractivity contribution in [3.63, 3.8) is 0 Å². The maximum absolute atomic E-state index is 11.4. The lowest BCUT2D eigenvalue weighted by Gasteiger charge is -1.97. The van der Waals surface area contributed by atoms with Gasteiger partial charge in [-0.05, 0) is 17.7 Å². The first-order valence-electron chi connectivity index (χ1n) is 4.51. The Balaban J connectivity index is 2.61. The van der Waals surface area contributed by atoms with Crippen LogP contribution in [0.15, 0.2) is 18.2 Å². The van der Waals surface area contributed by atoms with E-state index in [1.807, 2.05) is 18.2 Å². The second-order valence-electron chi connectivity index (χ2n) is 3.15. The van der Waals surface area contributed by atoms with Crippen molar-refractivity contribution in [3.8, 4) is 0 Å². The first-order valence-corrected chi connectivity index (χ1v) is 4.51. The van der Waals surface area contributed by atoms with E-state index in [2.05, 4.69) is 14.9 Å². The maximum Gasteiger partial charge on any atom is 0.359 e. The number of aromatic amines is 1. The molecule has 0 radical (unpaired) electrons. The molecular weight excluding hydrogens is 194 g/mol. The third-order valence-corrected chi connectivity index (χ3v) is 2.24. The molecule has 2 rings (SSSR count). The topological polar surface area (TPSA) is 81.0 Å². The van der Waals surface area contributed by atoms with E-state index in [1.165, 1.54) is 7.11 Å². The lowest BCUT2D eigenvalue weighted by molar-refractivity contribution is 0.0596. The summed E-state index contributed by atoms with van der Waals surface area (Å²) in [5, 5.41) is 7.40. The van der Waals surface area contributed by atoms with Crippen molar-refractivity contribution >= 4 is 16.9 Å². The van der Waals surface area contributed by atoms with Crippen LogP contribution in [0.4, 0.5) is 0 Å². The summed E-state index contributed by atoms with van der Waals surface area (Å²) in [6.45, 7) is 0.432. The van der Waals surface area contributed by atoms with Crippen molar-refractivity contribution in [2.75, 3.05) is 7.11 Å². The molecule has 0 atom stereocenters. The Hall–Kier alpha value is -1.88. The van der Waals surface area contributed by atoms with Gasteiger partial charge in [-0.3, -0.25) is 5.10 Å². The van der Waals surface area contributed by atoms with E-state index in [9.17, 15) is 4.79 Å². The fourth-order valence-corrected chi connectivity index (χ4v) is 1.44. The molecule has 0 aliphatic carbocycles. The molecule has 5 nitrogen and oxygen atoms in total. The number of benzene rings is 1. The number of rotatable bonds is 2. The molecule has 0 aliphatic rings. The second-order valence-corrected chi connectivity index (χ2v) is 3.15. The van der Waals surface area contributed by atoms with E-state index in [-0.39, 0.29) is 0 Å². The van der Waals surface area contributed by atoms with Crippen LogP contribution in [-0.4, -0.2) is 23.3 Å². The minimum atomic E-state index is -0.449. The Morgan fingerprint density at radius 3 is 3.07 bits per heavy atom. The van der Waals surface area contributed by atoms with E-state index in [0.717, 1.165) is 16.5 Å². The number of nitrogens with zero attached hydrogens (tertiary/aromatic N) is 1. The molecule has 0 aliphatic heterocycles. The van der Waals surface area contributed by atoms with Gasteiger partial charge < -0.3 is 10.5 Å². The number of hydrogen-bond donors (Lipinski definition) is 2. The molecule has 0 amide bonds. The number of hydrogen-bond acceptors (Lipinski definition) is 4. The van der Waals surface area contributed by atoms with Crippen molar-refractivity contribution in [1.29, 1.82) is 0 Å². The number of carbonyl (C=O) groups excluding carboxylic acids is 1. The molecule has 0 saturated heterocycles. The van der Waals surface area contributed by atoms with Gasteiger partial charge in [-0.25, -0.2) is 4.79 Å². The predicted octanol–water partition coefficient (Wildman–Crippen LogP) is 0.808. The van der Waals surface area contributed by atoms with Crippen molar-refractivity contribution < 1.29 is 9.53 Å². The molecule has 15 heavy (non-hydrogen) atoms. The highest BCUT2D eigenvalue weighted by Crippen LogP contribution is 2.18. The number of carbonyl (C=O) groups is 1. The normalized spacial score (nSPS) is 10.5. The molecule has 3 N–H and O–H groups in total. The Morgan fingerprint density at radius 1 is 1.60 bits per heavy atom. The van der Waals surface area contributed by atoms with Gasteiger partial charge in [0.1, 0.15) is 0 Å². The van der Waals surface area contributed by atoms with Crippen LogP contribution in [0.2, 0.25) is 0 Å². The average molecular weight is 205 g/mol. The lowest BCUT2D eigenvalue weighted by Crippen LogP contribution is -2.02. The molecule has 1 aromatic heterocycles. The van der Waals surface area contributed by atoms with Crippen LogP contribution < -0.4 is 5.73 Å². The Bertz CT molecular complexity index is 504. The molecular formula is C10H11N3O2. The standard InChI is InChI=1S/C10H11N3O2/c1-15-10(14)9-7-4-6(5-11)2-3-8(7)12-13-9/h2-4H,5,11H2,1H3,(H,12,13). The number of fused-ring (bicyclic) bond motifs is 1. The van der Waals surface area contributed by atoms with Gasteiger partial charge in [0, 0.05) is 11.9 Å². The molecule has 1 aromatic carbocycles. The molecule has 0 saturated carbocycles. The summed E-state index contributed by atoms with van der Waals surface area (Å²) in [7, 11) is 1.33. The molecule has 0 fully saturated rings. The van der Waals surface area contributed by atoms with Crippen LogP contribution in [0.25, 0.3) is 10.9 Å². The van der Waals surface area contributed by atoms with Crippen LogP contribution in [0.5, 0.6) is 0 Å². The highest BCUT2D eigenvalue weighted by atomic mass is 16.5. The molecule has 1 heterocycles. The van der Waals surface area contributed by atoms with Crippen LogP contribution in [-0.2, 0) is 11.3 Å². The summed E-state index contributed by atoms with van der Waals surface area (Å²) in [4.78, 5) is 11.4. The number of H-pyrrole nitrogens is 1. The molecule has 5 heteroatoms. The molecule has 0 bridgehead atoms. The molecule has 0 spiro atoms. The predicted molar refractivity (Wildman–Crippen MR) is 55.3 cm³/mol. The number of aromatic nitrogens is 2. The minimum Gasteiger partial charge on any atom is -0.464 e. The van der Waals surface area contributed by atoms with Crippen molar-refractivity contribution in [2.24, 2.45) is 5.73 Å². The SMILES string of the molecule is COC(=O)c1n[nH]c2ccc(CN)cc12. The number of ether oxygens (including phenoxy) is 1. The summed E-state index contributed by atoms with van der Waals surface area (Å²) < 4.78 is 4.62. The van der Waals surface area contributed by atoms with Crippen LogP contribution in [0.3, 0.4) is 0 Å². The summed E-state index contributed by atoms with van der Waals surface area (Å²) in [5.74, 6) is -0.449. The maximum atomic E-state index is 11.4. The van der Waals surface area contributed by atoms with E-state index in [1.54, 1.807) is 0 Å². The first-order chi connectivity index (χ1) is 7.26. The van der Waals surface area contributed by atoms with Crippen LogP contribution in [0.1, 0.15) is 16.1 Å². The highest BCUT2D eigenvalue weighted by molar-refractivity contribution is 6.01. The third kappa shape index (κ3) is 1.57. The van der Waals surface area contributed by atoms with Gasteiger partial charge in [0.15, 0.2) is 5.69 Å². The quantitative estimate of drug-likeness (QED) is 0.711. The fraction of sp³-hybridized carbons (Fsp3) is 0.200. The van der Waals surface area contributed by atoms with Gasteiger partial charge >= 0.3 is 5.97 Å². The van der Waals surface area contributed by atoms with E-state index in [4.69, 9.17) is 5.73 Å². The Morgan fingerprint density at radius 2 is 2.40 bits per heavy atom. The Labute approximate surface area is 86.2 Å². The zero-order chi connectivity index (χ0) is 10.8. The highest BCUT2D eigenvalue weighted by Gasteiger charge is 2.14. The van der Waals surface area contributed by atoms with E-state index >= 15 is 0 Å². The van der Waals surface area contributed by atoms with E-state index < -0.39 is 5.97 Å².